The molecule has 1 N–H and O–H groups in total. The second kappa shape index (κ2) is 9.96. The van der Waals surface area contributed by atoms with E-state index in [1.54, 1.807) is 44.4 Å². The van der Waals surface area contributed by atoms with Crippen LogP contribution < -0.4 is 14.8 Å². The number of nitrogens with zero attached hydrogens (tertiary/aromatic N) is 1. The van der Waals surface area contributed by atoms with Gasteiger partial charge in [0.1, 0.15) is 17.5 Å². The Morgan fingerprint density at radius 2 is 1.69 bits per heavy atom. The summed E-state index contributed by atoms with van der Waals surface area (Å²) in [7, 11) is 4.90. The van der Waals surface area contributed by atoms with Crippen LogP contribution in [0.15, 0.2) is 42.5 Å². The highest BCUT2D eigenvalue weighted by Crippen LogP contribution is 2.25. The first-order valence-electron chi connectivity index (χ1n) is 9.60. The molecule has 0 aromatic heterocycles. The van der Waals surface area contributed by atoms with Crippen LogP contribution in [0.5, 0.6) is 11.5 Å². The predicted molar refractivity (Wildman–Crippen MR) is 113 cm³/mol. The minimum Gasteiger partial charge on any atom is -0.497 e. The molecular formula is C23H30N2O4. The Kier molecular flexibility index (Phi) is 7.65. The lowest BCUT2D eigenvalue weighted by Gasteiger charge is -2.27. The highest BCUT2D eigenvalue weighted by Gasteiger charge is 2.28. The number of aryl methyl sites for hydroxylation is 1. The Bertz CT molecular complexity index is 846. The number of carbonyl (C=O) groups excluding carboxylic acids is 2. The zero-order chi connectivity index (χ0) is 21.6. The van der Waals surface area contributed by atoms with Gasteiger partial charge >= 0.3 is 0 Å². The average molecular weight is 399 g/mol. The number of ether oxygens (including phenoxy) is 2. The minimum absolute atomic E-state index is 0.0582. The molecule has 156 valence electrons. The van der Waals surface area contributed by atoms with Gasteiger partial charge in [0.25, 0.3) is 5.91 Å². The predicted octanol–water partition coefficient (Wildman–Crippen LogP) is 3.43. The number of amides is 2. The van der Waals surface area contributed by atoms with Gasteiger partial charge in [-0.3, -0.25) is 9.59 Å². The summed E-state index contributed by atoms with van der Waals surface area (Å²) in [6.45, 7) is 6.15. The number of methoxy groups -OCH3 is 2. The summed E-state index contributed by atoms with van der Waals surface area (Å²) >= 11 is 0. The Morgan fingerprint density at radius 1 is 1.03 bits per heavy atom. The summed E-state index contributed by atoms with van der Waals surface area (Å²) in [6.07, 6.45) is 0. The zero-order valence-corrected chi connectivity index (χ0v) is 18.0. The number of hydrogen-bond donors (Lipinski definition) is 1. The summed E-state index contributed by atoms with van der Waals surface area (Å²) in [5.41, 5.74) is 2.47. The molecular weight excluding hydrogens is 368 g/mol. The van der Waals surface area contributed by atoms with Crippen molar-refractivity contribution >= 4 is 11.8 Å². The third-order valence-corrected chi connectivity index (χ3v) is 4.81. The van der Waals surface area contributed by atoms with E-state index in [-0.39, 0.29) is 17.7 Å². The molecule has 0 spiro atoms. The Hall–Kier alpha value is -3.02. The third kappa shape index (κ3) is 5.73. The lowest BCUT2D eigenvalue weighted by atomic mass is 10.0. The highest BCUT2D eigenvalue weighted by atomic mass is 16.5. The molecule has 0 heterocycles. The first-order chi connectivity index (χ1) is 13.8. The number of carbonyl (C=O) groups is 2. The molecule has 1 unspecified atom stereocenters. The van der Waals surface area contributed by atoms with Crippen LogP contribution in [-0.2, 0) is 11.3 Å². The van der Waals surface area contributed by atoms with Crippen LogP contribution in [0.1, 0.15) is 35.3 Å². The lowest BCUT2D eigenvalue weighted by molar-refractivity contribution is -0.133. The third-order valence-electron chi connectivity index (χ3n) is 4.81. The fraction of sp³-hybridized carbons (Fsp3) is 0.391. The van der Waals surface area contributed by atoms with Crippen molar-refractivity contribution in [2.45, 2.75) is 33.4 Å². The second-order valence-electron chi connectivity index (χ2n) is 7.43. The van der Waals surface area contributed by atoms with Gasteiger partial charge in [-0.25, -0.2) is 0 Å². The molecule has 29 heavy (non-hydrogen) atoms. The topological polar surface area (TPSA) is 67.9 Å². The molecule has 2 amide bonds. The van der Waals surface area contributed by atoms with E-state index < -0.39 is 6.04 Å². The first-order valence-corrected chi connectivity index (χ1v) is 9.60. The maximum atomic E-state index is 13.1. The van der Waals surface area contributed by atoms with Crippen LogP contribution in [0.4, 0.5) is 0 Å². The van der Waals surface area contributed by atoms with Gasteiger partial charge in [-0.1, -0.05) is 31.5 Å². The molecule has 1 atom stereocenters. The maximum Gasteiger partial charge on any atom is 0.251 e. The normalized spacial score (nSPS) is 11.7. The Balaban J connectivity index is 2.13. The van der Waals surface area contributed by atoms with E-state index >= 15 is 0 Å². The van der Waals surface area contributed by atoms with E-state index in [2.05, 4.69) is 5.32 Å². The van der Waals surface area contributed by atoms with Gasteiger partial charge in [0.05, 0.1) is 14.2 Å². The molecule has 0 aliphatic carbocycles. The molecule has 2 aromatic rings. The second-order valence-corrected chi connectivity index (χ2v) is 7.43. The van der Waals surface area contributed by atoms with Crippen LogP contribution in [0.3, 0.4) is 0 Å². The van der Waals surface area contributed by atoms with Crippen molar-refractivity contribution in [2.75, 3.05) is 21.3 Å². The first kappa shape index (κ1) is 22.3. The van der Waals surface area contributed by atoms with Crippen LogP contribution in [0, 0.1) is 12.8 Å². The molecule has 0 radical (unpaired) electrons. The van der Waals surface area contributed by atoms with E-state index in [0.29, 0.717) is 23.6 Å². The largest absolute Gasteiger partial charge is 0.497 e. The van der Waals surface area contributed by atoms with Crippen LogP contribution in [-0.4, -0.2) is 44.0 Å². The lowest BCUT2D eigenvalue weighted by Crippen LogP contribution is -2.50. The molecule has 6 heteroatoms. The molecule has 2 rings (SSSR count). The smallest absolute Gasteiger partial charge is 0.251 e. The van der Waals surface area contributed by atoms with Crippen molar-refractivity contribution in [2.24, 2.45) is 5.92 Å². The van der Waals surface area contributed by atoms with Crippen molar-refractivity contribution in [3.8, 4) is 11.5 Å². The SMILES string of the molecule is COc1ccc(CN(C)C(=O)C(NC(=O)c2ccc(C)cc2)C(C)C)c(OC)c1. The molecule has 0 saturated heterocycles. The van der Waals surface area contributed by atoms with E-state index in [0.717, 1.165) is 11.1 Å². The quantitative estimate of drug-likeness (QED) is 0.740. The van der Waals surface area contributed by atoms with E-state index in [4.69, 9.17) is 9.47 Å². The van der Waals surface area contributed by atoms with E-state index in [9.17, 15) is 9.59 Å². The minimum atomic E-state index is -0.627. The van der Waals surface area contributed by atoms with Crippen LogP contribution in [0.2, 0.25) is 0 Å². The van der Waals surface area contributed by atoms with Gasteiger partial charge in [0.15, 0.2) is 0 Å². The van der Waals surface area contributed by atoms with Gasteiger partial charge < -0.3 is 19.7 Å². The Morgan fingerprint density at radius 3 is 2.24 bits per heavy atom. The van der Waals surface area contributed by atoms with Crippen molar-refractivity contribution in [1.82, 2.24) is 10.2 Å². The molecule has 0 aliphatic heterocycles. The van der Waals surface area contributed by atoms with Crippen molar-refractivity contribution in [1.29, 1.82) is 0 Å². The van der Waals surface area contributed by atoms with Gasteiger partial charge in [-0.15, -0.1) is 0 Å². The molecule has 6 nitrogen and oxygen atoms in total. The van der Waals surface area contributed by atoms with E-state index in [1.807, 2.05) is 45.0 Å². The van der Waals surface area contributed by atoms with Gasteiger partial charge in [0.2, 0.25) is 5.91 Å². The van der Waals surface area contributed by atoms with Crippen LogP contribution >= 0.6 is 0 Å². The summed E-state index contributed by atoms with van der Waals surface area (Å²) in [4.78, 5) is 27.3. The molecule has 0 fully saturated rings. The monoisotopic (exact) mass is 398 g/mol. The van der Waals surface area contributed by atoms with Gasteiger partial charge in [0, 0.05) is 30.8 Å². The number of hydrogen-bond acceptors (Lipinski definition) is 4. The molecule has 0 aliphatic rings. The highest BCUT2D eigenvalue weighted by molar-refractivity contribution is 5.97. The summed E-state index contributed by atoms with van der Waals surface area (Å²) in [6, 6.07) is 12.1. The van der Waals surface area contributed by atoms with Crippen molar-refractivity contribution in [3.05, 3.63) is 59.2 Å². The average Bonchev–Trinajstić information content (AvgIpc) is 2.71. The van der Waals surface area contributed by atoms with E-state index in [1.165, 1.54) is 0 Å². The maximum absolute atomic E-state index is 13.1. The Labute approximate surface area is 172 Å². The number of rotatable bonds is 8. The van der Waals surface area contributed by atoms with Gasteiger partial charge in [-0.2, -0.15) is 0 Å². The van der Waals surface area contributed by atoms with Crippen LogP contribution in [0.25, 0.3) is 0 Å². The zero-order valence-electron chi connectivity index (χ0n) is 18.0. The summed E-state index contributed by atoms with van der Waals surface area (Å²) < 4.78 is 10.6. The fourth-order valence-electron chi connectivity index (χ4n) is 3.00. The van der Waals surface area contributed by atoms with Crippen molar-refractivity contribution < 1.29 is 19.1 Å². The molecule has 0 saturated carbocycles. The van der Waals surface area contributed by atoms with Gasteiger partial charge in [-0.05, 0) is 37.1 Å². The number of likely N-dealkylation sites (N-methyl/N-ethyl adjacent to an activating group) is 1. The standard InChI is InChI=1S/C23H30N2O4/c1-15(2)21(24-22(26)17-9-7-16(3)8-10-17)23(27)25(4)14-18-11-12-19(28-5)13-20(18)29-6/h7-13,15,21H,14H2,1-6H3,(H,24,26). The van der Waals surface area contributed by atoms with Crippen molar-refractivity contribution in [3.63, 3.8) is 0 Å². The summed E-state index contributed by atoms with van der Waals surface area (Å²) in [5.74, 6) is 0.863. The molecule has 2 aromatic carbocycles. The number of benzene rings is 2. The number of nitrogens with one attached hydrogen (secondary N) is 1. The summed E-state index contributed by atoms with van der Waals surface area (Å²) in [5, 5.41) is 2.88. The fourth-order valence-corrected chi connectivity index (χ4v) is 3.00. The molecule has 0 bridgehead atoms.